The van der Waals surface area contributed by atoms with Crippen molar-refractivity contribution in [3.8, 4) is 16.9 Å². The van der Waals surface area contributed by atoms with Gasteiger partial charge in [0.05, 0.1) is 17.6 Å². The zero-order chi connectivity index (χ0) is 22.6. The summed E-state index contributed by atoms with van der Waals surface area (Å²) in [6.07, 6.45) is 1.56. The van der Waals surface area contributed by atoms with Gasteiger partial charge in [-0.3, -0.25) is 4.79 Å². The molecule has 0 aliphatic heterocycles. The first kappa shape index (κ1) is 20.7. The smallest absolute Gasteiger partial charge is 0.265 e. The van der Waals surface area contributed by atoms with Crippen molar-refractivity contribution in [2.75, 3.05) is 0 Å². The van der Waals surface area contributed by atoms with E-state index in [1.165, 1.54) is 0 Å². The zero-order valence-electron chi connectivity index (χ0n) is 17.5. The van der Waals surface area contributed by atoms with Crippen molar-refractivity contribution in [3.05, 3.63) is 119 Å². The topological polar surface area (TPSA) is 59.3 Å². The molecule has 0 aliphatic carbocycles. The Kier molecular flexibility index (Phi) is 5.70. The van der Waals surface area contributed by atoms with Crippen molar-refractivity contribution in [3.63, 3.8) is 0 Å². The summed E-state index contributed by atoms with van der Waals surface area (Å²) in [7, 11) is 0. The highest BCUT2D eigenvalue weighted by Gasteiger charge is 2.18. The van der Waals surface area contributed by atoms with Gasteiger partial charge < -0.3 is 0 Å². The summed E-state index contributed by atoms with van der Waals surface area (Å²) in [4.78, 5) is 12.9. The summed E-state index contributed by atoms with van der Waals surface area (Å²) in [5.74, 6) is -0.392. The number of aromatic nitrogens is 2. The van der Waals surface area contributed by atoms with Crippen LogP contribution in [0.4, 0.5) is 0 Å². The number of hydrogen-bond acceptors (Lipinski definition) is 3. The van der Waals surface area contributed by atoms with Gasteiger partial charge >= 0.3 is 0 Å². The molecule has 0 bridgehead atoms. The van der Waals surface area contributed by atoms with E-state index in [9.17, 15) is 4.79 Å². The molecule has 6 heteroatoms. The number of rotatable bonds is 5. The summed E-state index contributed by atoms with van der Waals surface area (Å²) < 4.78 is 1.79. The van der Waals surface area contributed by atoms with Gasteiger partial charge in [0.2, 0.25) is 0 Å². The molecule has 1 N–H and O–H groups in total. The largest absolute Gasteiger partial charge is 0.291 e. The summed E-state index contributed by atoms with van der Waals surface area (Å²) in [6.45, 7) is 0. The predicted octanol–water partition coefficient (Wildman–Crippen LogP) is 6.11. The van der Waals surface area contributed by atoms with E-state index >= 15 is 0 Å². The summed E-state index contributed by atoms with van der Waals surface area (Å²) >= 11 is 5.91. The molecule has 0 spiro atoms. The van der Waals surface area contributed by atoms with Crippen molar-refractivity contribution in [1.82, 2.24) is 15.2 Å². The summed E-state index contributed by atoms with van der Waals surface area (Å²) in [6, 6.07) is 33.0. The number of nitrogens with one attached hydrogen (secondary N) is 1. The lowest BCUT2D eigenvalue weighted by molar-refractivity contribution is 0.0949. The minimum absolute atomic E-state index is 0.273. The number of para-hydroxylation sites is 1. The third kappa shape index (κ3) is 4.40. The molecule has 5 aromatic rings. The highest BCUT2D eigenvalue weighted by molar-refractivity contribution is 6.30. The summed E-state index contributed by atoms with van der Waals surface area (Å²) in [5.41, 5.74) is 6.35. The fourth-order valence-corrected chi connectivity index (χ4v) is 3.80. The molecular weight excluding hydrogens is 432 g/mol. The highest BCUT2D eigenvalue weighted by atomic mass is 35.5. The van der Waals surface area contributed by atoms with Crippen LogP contribution in [0.25, 0.3) is 27.7 Å². The van der Waals surface area contributed by atoms with Crippen molar-refractivity contribution in [2.45, 2.75) is 0 Å². The van der Waals surface area contributed by atoms with Crippen LogP contribution in [0, 0.1) is 0 Å². The molecule has 5 nitrogen and oxygen atoms in total. The maximum atomic E-state index is 12.9. The van der Waals surface area contributed by atoms with Gasteiger partial charge in [-0.05, 0) is 46.7 Å². The number of carbonyl (C=O) groups is 1. The van der Waals surface area contributed by atoms with E-state index in [0.29, 0.717) is 5.02 Å². The molecule has 1 heterocycles. The molecule has 5 rings (SSSR count). The molecule has 1 amide bonds. The van der Waals surface area contributed by atoms with E-state index in [1.807, 2.05) is 66.7 Å². The van der Waals surface area contributed by atoms with Gasteiger partial charge in [0.15, 0.2) is 5.69 Å². The zero-order valence-corrected chi connectivity index (χ0v) is 18.3. The SMILES string of the molecule is O=C(N/N=C\c1ccc(Cl)cc1)c1cc(-c2cccc3ccccc23)n(-c2ccccc2)n1. The molecule has 0 fully saturated rings. The third-order valence-electron chi connectivity index (χ3n) is 5.26. The Morgan fingerprint density at radius 3 is 2.42 bits per heavy atom. The molecule has 0 radical (unpaired) electrons. The lowest BCUT2D eigenvalue weighted by Gasteiger charge is -2.10. The fourth-order valence-electron chi connectivity index (χ4n) is 3.67. The van der Waals surface area contributed by atoms with Crippen LogP contribution < -0.4 is 5.43 Å². The first-order chi connectivity index (χ1) is 16.2. The minimum atomic E-state index is -0.392. The van der Waals surface area contributed by atoms with Crippen LogP contribution in [0.5, 0.6) is 0 Å². The Balaban J connectivity index is 1.52. The van der Waals surface area contributed by atoms with Gasteiger partial charge in [-0.15, -0.1) is 0 Å². The summed E-state index contributed by atoms with van der Waals surface area (Å²) in [5, 5.41) is 11.5. The van der Waals surface area contributed by atoms with Gasteiger partial charge in [0.25, 0.3) is 5.91 Å². The van der Waals surface area contributed by atoms with E-state index in [4.69, 9.17) is 11.6 Å². The molecule has 0 atom stereocenters. The van der Waals surface area contributed by atoms with E-state index in [-0.39, 0.29) is 5.69 Å². The second-order valence-corrected chi connectivity index (χ2v) is 7.88. The maximum Gasteiger partial charge on any atom is 0.291 e. The molecule has 0 aliphatic rings. The molecule has 0 saturated heterocycles. The average molecular weight is 451 g/mol. The van der Waals surface area contributed by atoms with E-state index in [2.05, 4.69) is 33.8 Å². The Bertz CT molecular complexity index is 1450. The quantitative estimate of drug-likeness (QED) is 0.259. The maximum absolute atomic E-state index is 12.9. The van der Waals surface area contributed by atoms with Gasteiger partial charge in [-0.25, -0.2) is 10.1 Å². The predicted molar refractivity (Wildman–Crippen MR) is 133 cm³/mol. The van der Waals surface area contributed by atoms with Crippen LogP contribution in [0.3, 0.4) is 0 Å². The van der Waals surface area contributed by atoms with Crippen LogP contribution in [-0.2, 0) is 0 Å². The Morgan fingerprint density at radius 2 is 1.61 bits per heavy atom. The van der Waals surface area contributed by atoms with Gasteiger partial charge in [0, 0.05) is 10.6 Å². The number of halogens is 1. The monoisotopic (exact) mass is 450 g/mol. The number of nitrogens with zero attached hydrogens (tertiary/aromatic N) is 3. The number of hydrazone groups is 1. The Morgan fingerprint density at radius 1 is 0.879 bits per heavy atom. The van der Waals surface area contributed by atoms with Crippen LogP contribution >= 0.6 is 11.6 Å². The van der Waals surface area contributed by atoms with Crippen LogP contribution in [-0.4, -0.2) is 21.9 Å². The minimum Gasteiger partial charge on any atom is -0.265 e. The number of carbonyl (C=O) groups excluding carboxylic acids is 1. The number of fused-ring (bicyclic) bond motifs is 1. The van der Waals surface area contributed by atoms with E-state index in [1.54, 1.807) is 29.1 Å². The van der Waals surface area contributed by atoms with Gasteiger partial charge in [-0.1, -0.05) is 84.4 Å². The first-order valence-corrected chi connectivity index (χ1v) is 10.8. The van der Waals surface area contributed by atoms with Crippen molar-refractivity contribution in [1.29, 1.82) is 0 Å². The second kappa shape index (κ2) is 9.10. The van der Waals surface area contributed by atoms with Crippen molar-refractivity contribution in [2.24, 2.45) is 5.10 Å². The Labute approximate surface area is 196 Å². The fraction of sp³-hybridized carbons (Fsp3) is 0. The second-order valence-electron chi connectivity index (χ2n) is 7.44. The average Bonchev–Trinajstić information content (AvgIpc) is 3.31. The first-order valence-electron chi connectivity index (χ1n) is 10.4. The van der Waals surface area contributed by atoms with E-state index < -0.39 is 5.91 Å². The van der Waals surface area contributed by atoms with Crippen LogP contribution in [0.2, 0.25) is 5.02 Å². The molecule has 0 saturated carbocycles. The van der Waals surface area contributed by atoms with Crippen LogP contribution in [0.15, 0.2) is 108 Å². The highest BCUT2D eigenvalue weighted by Crippen LogP contribution is 2.31. The molecule has 4 aromatic carbocycles. The molecule has 160 valence electrons. The normalized spacial score (nSPS) is 11.2. The van der Waals surface area contributed by atoms with Crippen LogP contribution in [0.1, 0.15) is 16.1 Å². The Hall–Kier alpha value is -4.22. The van der Waals surface area contributed by atoms with Gasteiger partial charge in [0.1, 0.15) is 0 Å². The lowest BCUT2D eigenvalue weighted by Crippen LogP contribution is -2.18. The molecular formula is C27H19ClN4O. The third-order valence-corrected chi connectivity index (χ3v) is 5.51. The van der Waals surface area contributed by atoms with Crippen molar-refractivity contribution >= 4 is 34.5 Å². The van der Waals surface area contributed by atoms with E-state index in [0.717, 1.165) is 33.3 Å². The number of benzene rings is 4. The number of amides is 1. The molecule has 33 heavy (non-hydrogen) atoms. The lowest BCUT2D eigenvalue weighted by atomic mass is 10.0. The molecule has 0 unspecified atom stereocenters. The van der Waals surface area contributed by atoms with Crippen molar-refractivity contribution < 1.29 is 4.79 Å². The standard InChI is InChI=1S/C27H19ClN4O/c28-21-15-13-19(14-16-21)18-29-30-27(33)25-17-26(32(31-25)22-9-2-1-3-10-22)24-12-6-8-20-7-4-5-11-23(20)24/h1-18H,(H,30,33)/b29-18-. The van der Waals surface area contributed by atoms with Gasteiger partial charge in [-0.2, -0.15) is 10.2 Å². The number of hydrogen-bond donors (Lipinski definition) is 1. The molecule has 1 aromatic heterocycles.